The number of para-hydroxylation sites is 1. The fourth-order valence-electron chi connectivity index (χ4n) is 3.64. The van der Waals surface area contributed by atoms with E-state index in [4.69, 9.17) is 0 Å². The molecule has 0 aliphatic rings. The number of hydrogen-bond acceptors (Lipinski definition) is 0. The van der Waals surface area contributed by atoms with Gasteiger partial charge in [-0.15, -0.1) is 0 Å². The lowest BCUT2D eigenvalue weighted by Gasteiger charge is -2.19. The Morgan fingerprint density at radius 1 is 0.692 bits per heavy atom. The maximum Gasteiger partial charge on any atom is 0.0496 e. The highest BCUT2D eigenvalue weighted by atomic mass is 14.7. The van der Waals surface area contributed by atoms with Crippen molar-refractivity contribution < 1.29 is 0 Å². The molecule has 0 atom stereocenters. The zero-order chi connectivity index (χ0) is 18.7. The van der Waals surface area contributed by atoms with Crippen molar-refractivity contribution in [2.24, 2.45) is 0 Å². The number of hydrogen-bond donors (Lipinski definition) is 2. The Morgan fingerprint density at radius 2 is 1.46 bits per heavy atom. The van der Waals surface area contributed by atoms with E-state index in [0.717, 1.165) is 0 Å². The lowest BCUT2D eigenvalue weighted by molar-refractivity contribution is 0.574. The van der Waals surface area contributed by atoms with Crippen LogP contribution >= 0.6 is 0 Å². The molecule has 0 aliphatic heterocycles. The van der Waals surface area contributed by atoms with Gasteiger partial charge in [0.25, 0.3) is 0 Å². The van der Waals surface area contributed by atoms with Gasteiger partial charge in [0.15, 0.2) is 0 Å². The molecule has 4 rings (SSSR count). The van der Waals surface area contributed by atoms with E-state index >= 15 is 0 Å². The van der Waals surface area contributed by atoms with Gasteiger partial charge in [-0.05, 0) is 40.8 Å². The number of H-pyrrole nitrogens is 2. The van der Waals surface area contributed by atoms with Crippen molar-refractivity contribution in [3.8, 4) is 11.3 Å². The molecule has 0 radical (unpaired) electrons. The van der Waals surface area contributed by atoms with Crippen molar-refractivity contribution >= 4 is 21.8 Å². The van der Waals surface area contributed by atoms with Gasteiger partial charge in [0, 0.05) is 38.6 Å². The summed E-state index contributed by atoms with van der Waals surface area (Å²) in [6.07, 6.45) is 0. The summed E-state index contributed by atoms with van der Waals surface area (Å²) in [5.41, 5.74) is 7.74. The van der Waals surface area contributed by atoms with E-state index < -0.39 is 0 Å². The lowest BCUT2D eigenvalue weighted by atomic mass is 9.86. The van der Waals surface area contributed by atoms with E-state index in [9.17, 15) is 0 Å². The lowest BCUT2D eigenvalue weighted by Crippen LogP contribution is -2.11. The Hall–Kier alpha value is -2.48. The van der Waals surface area contributed by atoms with Crippen LogP contribution in [0.4, 0.5) is 0 Å². The molecule has 0 bridgehead atoms. The quantitative estimate of drug-likeness (QED) is 0.376. The van der Waals surface area contributed by atoms with Crippen LogP contribution in [0.3, 0.4) is 0 Å². The Kier molecular flexibility index (Phi) is 3.59. The highest BCUT2D eigenvalue weighted by Crippen LogP contribution is 2.34. The minimum atomic E-state index is 0.119. The van der Waals surface area contributed by atoms with Crippen LogP contribution in [0.5, 0.6) is 0 Å². The largest absolute Gasteiger partial charge is 0.358 e. The molecule has 0 amide bonds. The molecule has 2 heteroatoms. The SMILES string of the molecule is CC(C)(C)c1cc2cc(-c3cc4cccc(C(C)(C)C)c4[nH]3)ccc2[nH]1. The highest BCUT2D eigenvalue weighted by Gasteiger charge is 2.19. The number of aromatic nitrogens is 2. The standard InChI is InChI=1S/C24H28N2/c1-23(2,3)18-9-7-8-16-13-20(26-22(16)18)15-10-11-19-17(12-15)14-21(25-19)24(4,5)6/h7-14,25-26H,1-6H3. The van der Waals surface area contributed by atoms with Gasteiger partial charge in [0.05, 0.1) is 0 Å². The molecule has 0 spiro atoms. The molecule has 0 unspecified atom stereocenters. The Morgan fingerprint density at radius 3 is 2.15 bits per heavy atom. The molecular formula is C24H28N2. The van der Waals surface area contributed by atoms with Crippen molar-refractivity contribution in [2.75, 3.05) is 0 Å². The summed E-state index contributed by atoms with van der Waals surface area (Å²) < 4.78 is 0. The second-order valence-corrected chi connectivity index (χ2v) is 9.44. The van der Waals surface area contributed by atoms with Crippen LogP contribution < -0.4 is 0 Å². The van der Waals surface area contributed by atoms with Gasteiger partial charge in [-0.3, -0.25) is 0 Å². The molecule has 0 saturated heterocycles. The summed E-state index contributed by atoms with van der Waals surface area (Å²) >= 11 is 0. The molecule has 26 heavy (non-hydrogen) atoms. The van der Waals surface area contributed by atoms with Gasteiger partial charge in [-0.25, -0.2) is 0 Å². The minimum absolute atomic E-state index is 0.119. The average molecular weight is 345 g/mol. The molecule has 0 aliphatic carbocycles. The summed E-state index contributed by atoms with van der Waals surface area (Å²) in [4.78, 5) is 7.24. The second-order valence-electron chi connectivity index (χ2n) is 9.44. The third-order valence-electron chi connectivity index (χ3n) is 5.20. The van der Waals surface area contributed by atoms with Gasteiger partial charge in [-0.2, -0.15) is 0 Å². The highest BCUT2D eigenvalue weighted by molar-refractivity contribution is 5.91. The molecule has 2 N–H and O–H groups in total. The van der Waals surface area contributed by atoms with Crippen LogP contribution in [0.25, 0.3) is 33.1 Å². The minimum Gasteiger partial charge on any atom is -0.358 e. The van der Waals surface area contributed by atoms with Crippen LogP contribution in [0.2, 0.25) is 0 Å². The first kappa shape index (κ1) is 17.0. The summed E-state index contributed by atoms with van der Waals surface area (Å²) in [5.74, 6) is 0. The molecule has 2 nitrogen and oxygen atoms in total. The number of benzene rings is 2. The zero-order valence-corrected chi connectivity index (χ0v) is 16.6. The van der Waals surface area contributed by atoms with Crippen LogP contribution in [0, 0.1) is 0 Å². The summed E-state index contributed by atoms with van der Waals surface area (Å²) in [5, 5.41) is 2.54. The summed E-state index contributed by atoms with van der Waals surface area (Å²) in [6, 6.07) is 17.8. The van der Waals surface area contributed by atoms with E-state index in [1.165, 1.54) is 44.3 Å². The molecule has 2 aromatic heterocycles. The Labute approximate surface area is 155 Å². The zero-order valence-electron chi connectivity index (χ0n) is 16.6. The monoisotopic (exact) mass is 344 g/mol. The van der Waals surface area contributed by atoms with E-state index in [-0.39, 0.29) is 10.8 Å². The third kappa shape index (κ3) is 2.84. The normalized spacial score (nSPS) is 13.0. The van der Waals surface area contributed by atoms with Crippen molar-refractivity contribution in [1.82, 2.24) is 9.97 Å². The predicted molar refractivity (Wildman–Crippen MR) is 113 cm³/mol. The Balaban J connectivity index is 1.85. The number of nitrogens with one attached hydrogen (secondary N) is 2. The first-order chi connectivity index (χ1) is 12.1. The summed E-state index contributed by atoms with van der Waals surface area (Å²) in [7, 11) is 0. The van der Waals surface area contributed by atoms with Crippen LogP contribution in [0.15, 0.2) is 48.5 Å². The van der Waals surface area contributed by atoms with Crippen molar-refractivity contribution in [2.45, 2.75) is 52.4 Å². The fraction of sp³-hybridized carbons (Fsp3) is 0.333. The molecule has 4 aromatic rings. The van der Waals surface area contributed by atoms with Crippen molar-refractivity contribution in [3.05, 3.63) is 59.8 Å². The molecule has 0 fully saturated rings. The van der Waals surface area contributed by atoms with E-state index in [2.05, 4.69) is 100 Å². The van der Waals surface area contributed by atoms with E-state index in [0.29, 0.717) is 0 Å². The van der Waals surface area contributed by atoms with Gasteiger partial charge < -0.3 is 9.97 Å². The maximum absolute atomic E-state index is 3.68. The van der Waals surface area contributed by atoms with Gasteiger partial charge >= 0.3 is 0 Å². The molecular weight excluding hydrogens is 316 g/mol. The van der Waals surface area contributed by atoms with Crippen molar-refractivity contribution in [1.29, 1.82) is 0 Å². The third-order valence-corrected chi connectivity index (χ3v) is 5.20. The van der Waals surface area contributed by atoms with Gasteiger partial charge in [0.2, 0.25) is 0 Å². The average Bonchev–Trinajstić information content (AvgIpc) is 3.16. The predicted octanol–water partition coefficient (Wildman–Crippen LogP) is 6.91. The first-order valence-electron chi connectivity index (χ1n) is 9.39. The topological polar surface area (TPSA) is 31.6 Å². The number of aromatic amines is 2. The molecule has 2 aromatic carbocycles. The smallest absolute Gasteiger partial charge is 0.0496 e. The van der Waals surface area contributed by atoms with E-state index in [1.807, 2.05) is 0 Å². The first-order valence-corrected chi connectivity index (χ1v) is 9.39. The van der Waals surface area contributed by atoms with Crippen LogP contribution in [-0.4, -0.2) is 9.97 Å². The summed E-state index contributed by atoms with van der Waals surface area (Å²) in [6.45, 7) is 13.5. The van der Waals surface area contributed by atoms with Crippen LogP contribution in [-0.2, 0) is 10.8 Å². The maximum atomic E-state index is 3.68. The van der Waals surface area contributed by atoms with Crippen molar-refractivity contribution in [3.63, 3.8) is 0 Å². The molecule has 134 valence electrons. The fourth-order valence-corrected chi connectivity index (χ4v) is 3.64. The molecule has 2 heterocycles. The van der Waals surface area contributed by atoms with Gasteiger partial charge in [-0.1, -0.05) is 65.8 Å². The second kappa shape index (κ2) is 5.51. The Bertz CT molecular complexity index is 1090. The molecule has 0 saturated carbocycles. The van der Waals surface area contributed by atoms with E-state index in [1.54, 1.807) is 0 Å². The van der Waals surface area contributed by atoms with Crippen LogP contribution in [0.1, 0.15) is 52.8 Å². The number of fused-ring (bicyclic) bond motifs is 2. The number of rotatable bonds is 1. The van der Waals surface area contributed by atoms with Gasteiger partial charge in [0.1, 0.15) is 0 Å².